The van der Waals surface area contributed by atoms with E-state index in [-0.39, 0.29) is 0 Å². The highest BCUT2D eigenvalue weighted by atomic mass is 32.1. The Morgan fingerprint density at radius 3 is 2.88 bits per heavy atom. The summed E-state index contributed by atoms with van der Waals surface area (Å²) in [6.07, 6.45) is 3.31. The molecule has 0 aliphatic carbocycles. The van der Waals surface area contributed by atoms with Gasteiger partial charge >= 0.3 is 5.97 Å². The number of carbonyl (C=O) groups excluding carboxylic acids is 1. The van der Waals surface area contributed by atoms with Gasteiger partial charge in [0.2, 0.25) is 0 Å². The van der Waals surface area contributed by atoms with Gasteiger partial charge in [0, 0.05) is 11.6 Å². The predicted octanol–water partition coefficient (Wildman–Crippen LogP) is 2.09. The highest BCUT2D eigenvalue weighted by Crippen LogP contribution is 2.21. The van der Waals surface area contributed by atoms with Crippen molar-refractivity contribution in [1.82, 2.24) is 15.0 Å². The molecule has 0 N–H and O–H groups in total. The third-order valence-corrected chi connectivity index (χ3v) is 2.85. The van der Waals surface area contributed by atoms with E-state index in [2.05, 4.69) is 15.0 Å². The first-order valence-electron chi connectivity index (χ1n) is 5.12. The van der Waals surface area contributed by atoms with Crippen LogP contribution in [-0.2, 0) is 4.74 Å². The highest BCUT2D eigenvalue weighted by molar-refractivity contribution is 7.13. The van der Waals surface area contributed by atoms with E-state index >= 15 is 0 Å². The van der Waals surface area contributed by atoms with E-state index in [4.69, 9.17) is 4.74 Å². The van der Waals surface area contributed by atoms with Crippen molar-refractivity contribution in [3.05, 3.63) is 29.2 Å². The molecule has 0 aliphatic heterocycles. The van der Waals surface area contributed by atoms with Crippen LogP contribution in [0.5, 0.6) is 0 Å². The van der Waals surface area contributed by atoms with Crippen LogP contribution in [0, 0.1) is 6.92 Å². The minimum absolute atomic E-state index is 0.314. The summed E-state index contributed by atoms with van der Waals surface area (Å²) in [6, 6.07) is 0. The number of aromatic nitrogens is 3. The fourth-order valence-electron chi connectivity index (χ4n) is 1.19. The fourth-order valence-corrected chi connectivity index (χ4v) is 1.94. The largest absolute Gasteiger partial charge is 0.461 e. The zero-order valence-electron chi connectivity index (χ0n) is 9.51. The quantitative estimate of drug-likeness (QED) is 0.779. The molecule has 0 fully saturated rings. The van der Waals surface area contributed by atoms with Gasteiger partial charge in [0.1, 0.15) is 10.7 Å². The van der Waals surface area contributed by atoms with Gasteiger partial charge in [0.25, 0.3) is 0 Å². The molecule has 0 bridgehead atoms. The van der Waals surface area contributed by atoms with Crippen LogP contribution in [0.25, 0.3) is 10.7 Å². The first-order chi connectivity index (χ1) is 8.20. The van der Waals surface area contributed by atoms with Crippen LogP contribution in [-0.4, -0.2) is 27.5 Å². The topological polar surface area (TPSA) is 65.0 Å². The van der Waals surface area contributed by atoms with Crippen LogP contribution in [0.3, 0.4) is 0 Å². The second-order valence-electron chi connectivity index (χ2n) is 3.30. The van der Waals surface area contributed by atoms with Gasteiger partial charge < -0.3 is 4.74 Å². The van der Waals surface area contributed by atoms with Crippen LogP contribution in [0.15, 0.2) is 17.8 Å². The van der Waals surface area contributed by atoms with Crippen LogP contribution in [0.4, 0.5) is 0 Å². The summed E-state index contributed by atoms with van der Waals surface area (Å²) in [5.41, 5.74) is 1.82. The Kier molecular flexibility index (Phi) is 3.43. The first-order valence-corrected chi connectivity index (χ1v) is 6.00. The second kappa shape index (κ2) is 5.01. The molecule has 2 heterocycles. The van der Waals surface area contributed by atoms with E-state index < -0.39 is 5.97 Å². The Labute approximate surface area is 103 Å². The maximum Gasteiger partial charge on any atom is 0.357 e. The van der Waals surface area contributed by atoms with Crippen molar-refractivity contribution in [1.29, 1.82) is 0 Å². The lowest BCUT2D eigenvalue weighted by Gasteiger charge is -1.97. The normalized spacial score (nSPS) is 10.2. The number of hydrogen-bond donors (Lipinski definition) is 0. The average Bonchev–Trinajstić information content (AvgIpc) is 2.80. The van der Waals surface area contributed by atoms with Crippen molar-refractivity contribution < 1.29 is 9.53 Å². The highest BCUT2D eigenvalue weighted by Gasteiger charge is 2.13. The van der Waals surface area contributed by atoms with Gasteiger partial charge in [0.15, 0.2) is 5.69 Å². The molecule has 0 amide bonds. The number of esters is 1. The van der Waals surface area contributed by atoms with Crippen molar-refractivity contribution in [2.75, 3.05) is 6.61 Å². The molecule has 0 spiro atoms. The maximum absolute atomic E-state index is 11.4. The molecule has 2 aromatic heterocycles. The Bertz CT molecular complexity index is 522. The van der Waals surface area contributed by atoms with E-state index in [1.807, 2.05) is 6.92 Å². The van der Waals surface area contributed by atoms with Gasteiger partial charge in [-0.3, -0.25) is 9.97 Å². The van der Waals surface area contributed by atoms with Gasteiger partial charge in [-0.15, -0.1) is 11.3 Å². The molecule has 0 unspecified atom stereocenters. The number of aryl methyl sites for hydroxylation is 1. The summed E-state index contributed by atoms with van der Waals surface area (Å²) in [5.74, 6) is -0.407. The molecule has 88 valence electrons. The minimum atomic E-state index is -0.407. The summed E-state index contributed by atoms with van der Waals surface area (Å²) in [6.45, 7) is 3.97. The molecule has 0 atom stereocenters. The van der Waals surface area contributed by atoms with Crippen LogP contribution >= 0.6 is 11.3 Å². The molecular formula is C11H11N3O2S. The molecule has 17 heavy (non-hydrogen) atoms. The SMILES string of the molecule is CCOC(=O)c1csc(-c2cnc(C)cn2)n1. The molecule has 6 heteroatoms. The molecule has 5 nitrogen and oxygen atoms in total. The zero-order chi connectivity index (χ0) is 12.3. The van der Waals surface area contributed by atoms with E-state index in [1.165, 1.54) is 11.3 Å². The first kappa shape index (κ1) is 11.7. The number of nitrogens with zero attached hydrogens (tertiary/aromatic N) is 3. The summed E-state index contributed by atoms with van der Waals surface area (Å²) in [4.78, 5) is 23.9. The minimum Gasteiger partial charge on any atom is -0.461 e. The molecule has 0 aliphatic rings. The standard InChI is InChI=1S/C11H11N3O2S/c1-3-16-11(15)9-6-17-10(14-9)8-5-12-7(2)4-13-8/h4-6H,3H2,1-2H3. The third kappa shape index (κ3) is 2.65. The average molecular weight is 249 g/mol. The smallest absolute Gasteiger partial charge is 0.357 e. The van der Waals surface area contributed by atoms with Crippen molar-refractivity contribution in [3.63, 3.8) is 0 Å². The van der Waals surface area contributed by atoms with Gasteiger partial charge in [-0.05, 0) is 13.8 Å². The lowest BCUT2D eigenvalue weighted by Crippen LogP contribution is -2.04. The van der Waals surface area contributed by atoms with Gasteiger partial charge in [-0.25, -0.2) is 9.78 Å². The maximum atomic E-state index is 11.4. The van der Waals surface area contributed by atoms with Crippen LogP contribution in [0.1, 0.15) is 23.1 Å². The van der Waals surface area contributed by atoms with Crippen molar-refractivity contribution in [2.45, 2.75) is 13.8 Å². The zero-order valence-corrected chi connectivity index (χ0v) is 10.3. The Balaban J connectivity index is 2.23. The number of hydrogen-bond acceptors (Lipinski definition) is 6. The lowest BCUT2D eigenvalue weighted by molar-refractivity contribution is 0.0520. The lowest BCUT2D eigenvalue weighted by atomic mass is 10.4. The van der Waals surface area contributed by atoms with Crippen molar-refractivity contribution in [3.8, 4) is 10.7 Å². The second-order valence-corrected chi connectivity index (χ2v) is 4.16. The summed E-state index contributed by atoms with van der Waals surface area (Å²) < 4.78 is 4.87. The van der Waals surface area contributed by atoms with Crippen molar-refractivity contribution in [2.24, 2.45) is 0 Å². The van der Waals surface area contributed by atoms with E-state index in [1.54, 1.807) is 24.7 Å². The van der Waals surface area contributed by atoms with Gasteiger partial charge in [0.05, 0.1) is 18.5 Å². The molecule has 0 saturated heterocycles. The number of thiazole rings is 1. The number of ether oxygens (including phenoxy) is 1. The molecule has 0 radical (unpaired) electrons. The van der Waals surface area contributed by atoms with E-state index in [9.17, 15) is 4.79 Å². The van der Waals surface area contributed by atoms with Gasteiger partial charge in [-0.1, -0.05) is 0 Å². The number of carbonyl (C=O) groups is 1. The van der Waals surface area contributed by atoms with Gasteiger partial charge in [-0.2, -0.15) is 0 Å². The molecule has 2 rings (SSSR count). The monoisotopic (exact) mass is 249 g/mol. The molecular weight excluding hydrogens is 238 g/mol. The third-order valence-electron chi connectivity index (χ3n) is 1.99. The van der Waals surface area contributed by atoms with E-state index in [0.717, 1.165) is 5.69 Å². The molecule has 0 aromatic carbocycles. The predicted molar refractivity (Wildman–Crippen MR) is 63.8 cm³/mol. The Morgan fingerprint density at radius 1 is 1.41 bits per heavy atom. The number of rotatable bonds is 3. The molecule has 0 saturated carbocycles. The molecule has 2 aromatic rings. The van der Waals surface area contributed by atoms with Crippen LogP contribution in [0.2, 0.25) is 0 Å². The summed E-state index contributed by atoms with van der Waals surface area (Å²) in [7, 11) is 0. The van der Waals surface area contributed by atoms with E-state index in [0.29, 0.717) is 23.0 Å². The summed E-state index contributed by atoms with van der Waals surface area (Å²) in [5, 5.41) is 2.33. The summed E-state index contributed by atoms with van der Waals surface area (Å²) >= 11 is 1.35. The van der Waals surface area contributed by atoms with Crippen molar-refractivity contribution >= 4 is 17.3 Å². The fraction of sp³-hybridized carbons (Fsp3) is 0.273. The Hall–Kier alpha value is -1.82. The Morgan fingerprint density at radius 2 is 2.24 bits per heavy atom. The van der Waals surface area contributed by atoms with Crippen LogP contribution < -0.4 is 0 Å².